The van der Waals surface area contributed by atoms with Gasteiger partial charge in [-0.1, -0.05) is 24.3 Å². The number of nitrogen functional groups attached to an aromatic ring is 1. The van der Waals surface area contributed by atoms with Gasteiger partial charge in [0.25, 0.3) is 5.56 Å². The molecule has 5 nitrogen and oxygen atoms in total. The van der Waals surface area contributed by atoms with Gasteiger partial charge in [-0.3, -0.25) is 9.78 Å². The number of nitrogens with one attached hydrogen (secondary N) is 1. The Balaban J connectivity index is 1.82. The lowest BCUT2D eigenvalue weighted by Crippen LogP contribution is -2.11. The molecule has 0 aliphatic carbocycles. The minimum atomic E-state index is -0.229. The first kappa shape index (κ1) is 13.5. The summed E-state index contributed by atoms with van der Waals surface area (Å²) in [5.41, 5.74) is 8.91. The van der Waals surface area contributed by atoms with Crippen molar-refractivity contribution in [2.75, 3.05) is 5.73 Å². The van der Waals surface area contributed by atoms with E-state index in [1.165, 1.54) is 0 Å². The summed E-state index contributed by atoms with van der Waals surface area (Å²) in [6.45, 7) is 0. The Morgan fingerprint density at radius 2 is 1.91 bits per heavy atom. The highest BCUT2D eigenvalue weighted by atomic mass is 16.1. The molecule has 23 heavy (non-hydrogen) atoms. The first-order valence-electron chi connectivity index (χ1n) is 7.31. The van der Waals surface area contributed by atoms with Crippen LogP contribution in [-0.2, 0) is 6.42 Å². The molecule has 0 aliphatic heterocycles. The topological polar surface area (TPSA) is 84.7 Å². The normalized spacial score (nSPS) is 11.1. The van der Waals surface area contributed by atoms with Crippen molar-refractivity contribution in [2.24, 2.45) is 0 Å². The highest BCUT2D eigenvalue weighted by Crippen LogP contribution is 2.20. The third kappa shape index (κ3) is 2.42. The third-order valence-electron chi connectivity index (χ3n) is 3.91. The van der Waals surface area contributed by atoms with Crippen LogP contribution in [0.2, 0.25) is 0 Å². The number of hydrogen-bond acceptors (Lipinski definition) is 4. The van der Waals surface area contributed by atoms with Crippen LogP contribution in [0.1, 0.15) is 11.3 Å². The second kappa shape index (κ2) is 5.21. The zero-order valence-corrected chi connectivity index (χ0v) is 12.3. The van der Waals surface area contributed by atoms with Gasteiger partial charge in [-0.25, -0.2) is 5.10 Å². The highest BCUT2D eigenvalue weighted by Gasteiger charge is 2.08. The molecule has 0 aliphatic rings. The molecule has 5 heteroatoms. The number of rotatable bonds is 2. The van der Waals surface area contributed by atoms with Crippen LogP contribution in [0.15, 0.2) is 59.5 Å². The van der Waals surface area contributed by atoms with Crippen LogP contribution >= 0.6 is 0 Å². The van der Waals surface area contributed by atoms with Gasteiger partial charge in [0, 0.05) is 29.1 Å². The summed E-state index contributed by atoms with van der Waals surface area (Å²) in [5.74, 6) is 0. The van der Waals surface area contributed by atoms with Gasteiger partial charge < -0.3 is 5.73 Å². The molecule has 0 atom stereocenters. The van der Waals surface area contributed by atoms with Crippen molar-refractivity contribution < 1.29 is 0 Å². The van der Waals surface area contributed by atoms with Gasteiger partial charge in [0.2, 0.25) is 0 Å². The number of benzene rings is 2. The molecule has 0 amide bonds. The molecule has 0 saturated carbocycles. The largest absolute Gasteiger partial charge is 0.399 e. The first-order valence-corrected chi connectivity index (χ1v) is 7.31. The van der Waals surface area contributed by atoms with Crippen molar-refractivity contribution in [2.45, 2.75) is 6.42 Å². The molecular formula is C18H14N4O. The first-order chi connectivity index (χ1) is 11.2. The fourth-order valence-electron chi connectivity index (χ4n) is 2.78. The number of aromatic amines is 1. The zero-order valence-electron chi connectivity index (χ0n) is 12.3. The Bertz CT molecular complexity index is 1080. The van der Waals surface area contributed by atoms with Gasteiger partial charge >= 0.3 is 0 Å². The maximum Gasteiger partial charge on any atom is 0.272 e. The van der Waals surface area contributed by atoms with Crippen LogP contribution < -0.4 is 11.3 Å². The molecule has 0 radical (unpaired) electrons. The minimum Gasteiger partial charge on any atom is -0.399 e. The Morgan fingerprint density at radius 3 is 2.83 bits per heavy atom. The number of para-hydroxylation sites is 1. The van der Waals surface area contributed by atoms with E-state index in [1.807, 2.05) is 36.5 Å². The maximum atomic E-state index is 11.9. The number of H-pyrrole nitrogens is 1. The SMILES string of the molecule is Nc1ccc2c(Cc3cnc4ccccc4c3)n[nH]c(=O)c2c1. The number of nitrogens with two attached hydrogens (primary N) is 1. The maximum absolute atomic E-state index is 11.9. The fraction of sp³-hybridized carbons (Fsp3) is 0.0556. The quantitative estimate of drug-likeness (QED) is 0.557. The monoisotopic (exact) mass is 302 g/mol. The van der Waals surface area contributed by atoms with Gasteiger partial charge in [0.15, 0.2) is 0 Å². The third-order valence-corrected chi connectivity index (χ3v) is 3.91. The predicted molar refractivity (Wildman–Crippen MR) is 91.3 cm³/mol. The summed E-state index contributed by atoms with van der Waals surface area (Å²) in [5, 5.41) is 9.21. The molecule has 3 N–H and O–H groups in total. The van der Waals surface area contributed by atoms with Crippen molar-refractivity contribution in [3.05, 3.63) is 76.3 Å². The lowest BCUT2D eigenvalue weighted by molar-refractivity contribution is 0.932. The average Bonchev–Trinajstić information content (AvgIpc) is 2.57. The number of aromatic nitrogens is 3. The molecule has 4 aromatic rings. The van der Waals surface area contributed by atoms with Crippen molar-refractivity contribution in [1.82, 2.24) is 15.2 Å². The van der Waals surface area contributed by atoms with Gasteiger partial charge in [-0.15, -0.1) is 0 Å². The summed E-state index contributed by atoms with van der Waals surface area (Å²) in [6, 6.07) is 15.4. The van der Waals surface area contributed by atoms with E-state index in [-0.39, 0.29) is 5.56 Å². The number of pyridine rings is 1. The molecule has 112 valence electrons. The van der Waals surface area contributed by atoms with Crippen molar-refractivity contribution in [3.8, 4) is 0 Å². The van der Waals surface area contributed by atoms with Gasteiger partial charge in [0.1, 0.15) is 0 Å². The molecule has 0 spiro atoms. The smallest absolute Gasteiger partial charge is 0.272 e. The lowest BCUT2D eigenvalue weighted by Gasteiger charge is -2.06. The minimum absolute atomic E-state index is 0.229. The van der Waals surface area contributed by atoms with E-state index in [2.05, 4.69) is 21.2 Å². The summed E-state index contributed by atoms with van der Waals surface area (Å²) in [7, 11) is 0. The van der Waals surface area contributed by atoms with E-state index in [4.69, 9.17) is 5.73 Å². The molecule has 0 saturated heterocycles. The van der Waals surface area contributed by atoms with Gasteiger partial charge in [-0.2, -0.15) is 5.10 Å². The highest BCUT2D eigenvalue weighted by molar-refractivity contribution is 5.86. The Labute approximate surface area is 131 Å². The summed E-state index contributed by atoms with van der Waals surface area (Å²) in [4.78, 5) is 16.4. The molecule has 2 aromatic heterocycles. The van der Waals surface area contributed by atoms with Crippen LogP contribution in [0.4, 0.5) is 5.69 Å². The van der Waals surface area contributed by atoms with E-state index >= 15 is 0 Å². The lowest BCUT2D eigenvalue weighted by atomic mass is 10.0. The Hall–Kier alpha value is -3.21. The van der Waals surface area contributed by atoms with E-state index in [0.717, 1.165) is 27.5 Å². The summed E-state index contributed by atoms with van der Waals surface area (Å²) >= 11 is 0. The van der Waals surface area contributed by atoms with Crippen LogP contribution in [0.25, 0.3) is 21.7 Å². The molecular weight excluding hydrogens is 288 g/mol. The van der Waals surface area contributed by atoms with Gasteiger partial charge in [-0.05, 0) is 29.8 Å². The summed E-state index contributed by atoms with van der Waals surface area (Å²) < 4.78 is 0. The van der Waals surface area contributed by atoms with Crippen molar-refractivity contribution in [3.63, 3.8) is 0 Å². The molecule has 0 unspecified atom stereocenters. The molecule has 2 aromatic carbocycles. The zero-order chi connectivity index (χ0) is 15.8. The average molecular weight is 302 g/mol. The Kier molecular flexibility index (Phi) is 3.05. The van der Waals surface area contributed by atoms with Crippen molar-refractivity contribution >= 4 is 27.4 Å². The fourth-order valence-corrected chi connectivity index (χ4v) is 2.78. The second-order valence-electron chi connectivity index (χ2n) is 5.52. The predicted octanol–water partition coefficient (Wildman–Crippen LogP) is 2.64. The van der Waals surface area contributed by atoms with E-state index in [0.29, 0.717) is 17.5 Å². The Morgan fingerprint density at radius 1 is 1.04 bits per heavy atom. The van der Waals surface area contributed by atoms with Crippen LogP contribution in [0.5, 0.6) is 0 Å². The number of anilines is 1. The van der Waals surface area contributed by atoms with E-state index in [1.54, 1.807) is 12.1 Å². The number of nitrogens with zero attached hydrogens (tertiary/aromatic N) is 2. The molecule has 4 rings (SSSR count). The van der Waals surface area contributed by atoms with Crippen molar-refractivity contribution in [1.29, 1.82) is 0 Å². The number of fused-ring (bicyclic) bond motifs is 2. The van der Waals surface area contributed by atoms with Gasteiger partial charge in [0.05, 0.1) is 16.6 Å². The van der Waals surface area contributed by atoms with Crippen LogP contribution in [0.3, 0.4) is 0 Å². The standard InChI is InChI=1S/C18H14N4O/c19-13-5-6-14-15(9-13)18(23)22-21-17(14)8-11-7-12-3-1-2-4-16(12)20-10-11/h1-7,9-10H,8,19H2,(H,22,23). The van der Waals surface area contributed by atoms with Crippen LogP contribution in [-0.4, -0.2) is 15.2 Å². The van der Waals surface area contributed by atoms with E-state index < -0.39 is 0 Å². The van der Waals surface area contributed by atoms with E-state index in [9.17, 15) is 4.79 Å². The molecule has 2 heterocycles. The molecule has 0 bridgehead atoms. The number of hydrogen-bond donors (Lipinski definition) is 2. The second-order valence-corrected chi connectivity index (χ2v) is 5.52. The van der Waals surface area contributed by atoms with Crippen LogP contribution in [0, 0.1) is 0 Å². The molecule has 0 fully saturated rings. The summed E-state index contributed by atoms with van der Waals surface area (Å²) in [6.07, 6.45) is 2.44.